The molecule has 0 aromatic carbocycles. The quantitative estimate of drug-likeness (QED) is 0.559. The van der Waals surface area contributed by atoms with Crippen LogP contribution in [0.5, 0.6) is 0 Å². The SMILES string of the molecule is [CH2]C(C)CCNC. The molecule has 0 saturated heterocycles. The van der Waals surface area contributed by atoms with Gasteiger partial charge in [-0.15, -0.1) is 0 Å². The summed E-state index contributed by atoms with van der Waals surface area (Å²) in [4.78, 5) is 0. The van der Waals surface area contributed by atoms with Gasteiger partial charge in [0.1, 0.15) is 0 Å². The maximum Gasteiger partial charge on any atom is -0.00494 e. The molecule has 0 spiro atoms. The van der Waals surface area contributed by atoms with E-state index in [0.717, 1.165) is 6.54 Å². The largest absolute Gasteiger partial charge is 0.320 e. The van der Waals surface area contributed by atoms with Gasteiger partial charge in [-0.2, -0.15) is 0 Å². The Morgan fingerprint density at radius 3 is 2.43 bits per heavy atom. The predicted octanol–water partition coefficient (Wildman–Crippen LogP) is 1.07. The van der Waals surface area contributed by atoms with Crippen molar-refractivity contribution >= 4 is 0 Å². The van der Waals surface area contributed by atoms with Crippen molar-refractivity contribution in [3.8, 4) is 0 Å². The third-order valence-corrected chi connectivity index (χ3v) is 0.887. The molecule has 1 heteroatoms. The van der Waals surface area contributed by atoms with Gasteiger partial charge in [-0.25, -0.2) is 0 Å². The molecule has 0 amide bonds. The zero-order valence-electron chi connectivity index (χ0n) is 5.20. The minimum absolute atomic E-state index is 0.590. The molecule has 1 nitrogen and oxygen atoms in total. The second-order valence-electron chi connectivity index (χ2n) is 2.00. The number of hydrogen-bond acceptors (Lipinski definition) is 1. The molecule has 1 radical (unpaired) electrons. The number of hydrogen-bond donors (Lipinski definition) is 1. The first-order valence-electron chi connectivity index (χ1n) is 2.75. The third kappa shape index (κ3) is 5.96. The molecule has 1 atom stereocenters. The van der Waals surface area contributed by atoms with Gasteiger partial charge >= 0.3 is 0 Å². The van der Waals surface area contributed by atoms with E-state index in [4.69, 9.17) is 0 Å². The number of nitrogens with one attached hydrogen (secondary N) is 1. The van der Waals surface area contributed by atoms with Crippen molar-refractivity contribution in [2.45, 2.75) is 13.3 Å². The molecule has 0 bridgehead atoms. The van der Waals surface area contributed by atoms with E-state index in [0.29, 0.717) is 5.92 Å². The molecular formula is C6H14N. The maximum atomic E-state index is 3.84. The van der Waals surface area contributed by atoms with Gasteiger partial charge in [0.2, 0.25) is 0 Å². The Labute approximate surface area is 46.1 Å². The van der Waals surface area contributed by atoms with E-state index in [1.807, 2.05) is 7.05 Å². The smallest absolute Gasteiger partial charge is 0.00494 e. The van der Waals surface area contributed by atoms with Crippen molar-refractivity contribution in [2.75, 3.05) is 13.6 Å². The zero-order valence-corrected chi connectivity index (χ0v) is 5.20. The predicted molar refractivity (Wildman–Crippen MR) is 33.1 cm³/mol. The lowest BCUT2D eigenvalue weighted by molar-refractivity contribution is 0.608. The van der Waals surface area contributed by atoms with Crippen molar-refractivity contribution in [1.82, 2.24) is 5.32 Å². The molecule has 0 saturated carbocycles. The van der Waals surface area contributed by atoms with Gasteiger partial charge in [0.15, 0.2) is 0 Å². The lowest BCUT2D eigenvalue weighted by Gasteiger charge is -2.00. The van der Waals surface area contributed by atoms with Crippen LogP contribution in [0.4, 0.5) is 0 Å². The molecule has 0 aliphatic rings. The minimum atomic E-state index is 0.590. The Balaban J connectivity index is 2.68. The average molecular weight is 100 g/mol. The second-order valence-corrected chi connectivity index (χ2v) is 2.00. The summed E-state index contributed by atoms with van der Waals surface area (Å²) in [5.74, 6) is 0.590. The van der Waals surface area contributed by atoms with Crippen LogP contribution in [0.25, 0.3) is 0 Å². The standard InChI is InChI=1S/C6H14N/c1-6(2)4-5-7-3/h6-7H,1,4-5H2,2-3H3. The second kappa shape index (κ2) is 4.13. The highest BCUT2D eigenvalue weighted by Crippen LogP contribution is 1.94. The first-order valence-corrected chi connectivity index (χ1v) is 2.75. The molecule has 0 heterocycles. The molecule has 0 aliphatic carbocycles. The topological polar surface area (TPSA) is 12.0 Å². The summed E-state index contributed by atoms with van der Waals surface area (Å²) < 4.78 is 0. The summed E-state index contributed by atoms with van der Waals surface area (Å²) >= 11 is 0. The van der Waals surface area contributed by atoms with Crippen LogP contribution < -0.4 is 5.32 Å². The van der Waals surface area contributed by atoms with Crippen molar-refractivity contribution in [3.05, 3.63) is 6.92 Å². The monoisotopic (exact) mass is 100 g/mol. The fraction of sp³-hybridized carbons (Fsp3) is 0.833. The van der Waals surface area contributed by atoms with Gasteiger partial charge in [0, 0.05) is 0 Å². The first-order chi connectivity index (χ1) is 3.27. The molecular weight excluding hydrogens is 86.1 g/mol. The van der Waals surface area contributed by atoms with Crippen LogP contribution in [0.1, 0.15) is 13.3 Å². The van der Waals surface area contributed by atoms with E-state index in [1.165, 1.54) is 6.42 Å². The minimum Gasteiger partial charge on any atom is -0.320 e. The summed E-state index contributed by atoms with van der Waals surface area (Å²) in [6.45, 7) is 7.05. The van der Waals surface area contributed by atoms with E-state index in [1.54, 1.807) is 0 Å². The van der Waals surface area contributed by atoms with Crippen LogP contribution in [0, 0.1) is 12.8 Å². The highest BCUT2D eigenvalue weighted by molar-refractivity contribution is 4.53. The van der Waals surface area contributed by atoms with Crippen LogP contribution in [-0.4, -0.2) is 13.6 Å². The first kappa shape index (κ1) is 6.96. The molecule has 0 aromatic heterocycles. The van der Waals surface area contributed by atoms with Gasteiger partial charge < -0.3 is 5.32 Å². The summed E-state index contributed by atoms with van der Waals surface area (Å²) in [7, 11) is 1.96. The summed E-state index contributed by atoms with van der Waals surface area (Å²) in [5, 5.41) is 3.06. The van der Waals surface area contributed by atoms with Gasteiger partial charge in [0.05, 0.1) is 0 Å². The Morgan fingerprint density at radius 1 is 1.71 bits per heavy atom. The maximum absolute atomic E-state index is 3.84. The normalized spacial score (nSPS) is 10.3. The molecule has 0 aromatic rings. The highest BCUT2D eigenvalue weighted by Gasteiger charge is 1.88. The molecule has 0 rings (SSSR count). The average Bonchev–Trinajstić information content (AvgIpc) is 1.61. The van der Waals surface area contributed by atoms with Crippen molar-refractivity contribution in [2.24, 2.45) is 5.92 Å². The van der Waals surface area contributed by atoms with Gasteiger partial charge in [-0.05, 0) is 25.9 Å². The van der Waals surface area contributed by atoms with E-state index >= 15 is 0 Å². The zero-order chi connectivity index (χ0) is 5.70. The third-order valence-electron chi connectivity index (χ3n) is 0.887. The van der Waals surface area contributed by atoms with E-state index in [2.05, 4.69) is 19.2 Å². The van der Waals surface area contributed by atoms with E-state index < -0.39 is 0 Å². The van der Waals surface area contributed by atoms with Crippen LogP contribution in [0.3, 0.4) is 0 Å². The lowest BCUT2D eigenvalue weighted by atomic mass is 10.1. The number of rotatable bonds is 3. The van der Waals surface area contributed by atoms with Crippen LogP contribution in [0.15, 0.2) is 0 Å². The van der Waals surface area contributed by atoms with Crippen molar-refractivity contribution < 1.29 is 0 Å². The molecule has 43 valence electrons. The fourth-order valence-electron chi connectivity index (χ4n) is 0.391. The Bertz CT molecular complexity index is 33.2. The molecule has 1 N–H and O–H groups in total. The Morgan fingerprint density at radius 2 is 2.29 bits per heavy atom. The van der Waals surface area contributed by atoms with Gasteiger partial charge in [0.25, 0.3) is 0 Å². The van der Waals surface area contributed by atoms with Gasteiger partial charge in [-0.1, -0.05) is 13.8 Å². The molecule has 0 fully saturated rings. The summed E-state index contributed by atoms with van der Waals surface area (Å²) in [6, 6.07) is 0. The van der Waals surface area contributed by atoms with Gasteiger partial charge in [-0.3, -0.25) is 0 Å². The fourth-order valence-corrected chi connectivity index (χ4v) is 0.391. The lowest BCUT2D eigenvalue weighted by Crippen LogP contribution is -2.09. The van der Waals surface area contributed by atoms with Crippen LogP contribution >= 0.6 is 0 Å². The Hall–Kier alpha value is -0.0400. The summed E-state index contributed by atoms with van der Waals surface area (Å²) in [5.41, 5.74) is 0. The van der Waals surface area contributed by atoms with E-state index in [-0.39, 0.29) is 0 Å². The summed E-state index contributed by atoms with van der Waals surface area (Å²) in [6.07, 6.45) is 1.18. The molecule has 0 aliphatic heterocycles. The van der Waals surface area contributed by atoms with Crippen LogP contribution in [-0.2, 0) is 0 Å². The van der Waals surface area contributed by atoms with Crippen LogP contribution in [0.2, 0.25) is 0 Å². The van der Waals surface area contributed by atoms with Crippen molar-refractivity contribution in [3.63, 3.8) is 0 Å². The van der Waals surface area contributed by atoms with E-state index in [9.17, 15) is 0 Å². The molecule has 1 unspecified atom stereocenters. The molecule has 7 heavy (non-hydrogen) atoms. The van der Waals surface area contributed by atoms with Crippen molar-refractivity contribution in [1.29, 1.82) is 0 Å². The Kier molecular flexibility index (Phi) is 4.10. The highest BCUT2D eigenvalue weighted by atomic mass is 14.8.